The van der Waals surface area contributed by atoms with Gasteiger partial charge in [-0.05, 0) is 24.3 Å². The molecule has 6 nitrogen and oxygen atoms in total. The predicted octanol–water partition coefficient (Wildman–Crippen LogP) is 3.29. The number of ketones is 1. The first-order chi connectivity index (χ1) is 11.5. The van der Waals surface area contributed by atoms with Crippen molar-refractivity contribution in [3.05, 3.63) is 70.0 Å². The van der Waals surface area contributed by atoms with Gasteiger partial charge in [0.05, 0.1) is 16.4 Å². The number of non-ortho nitro benzene ring substituents is 1. The van der Waals surface area contributed by atoms with Gasteiger partial charge in [0.1, 0.15) is 5.82 Å². The van der Waals surface area contributed by atoms with Crippen LogP contribution in [0.5, 0.6) is 0 Å². The molecule has 0 aliphatic rings. The second-order valence-electron chi connectivity index (χ2n) is 4.78. The van der Waals surface area contributed by atoms with Gasteiger partial charge >= 0.3 is 0 Å². The Labute approximate surface area is 141 Å². The standard InChI is InChI=1S/C16H13FN2O4S/c17-12-4-6-13(7-5-12)18-16(21)10-24-9-15(20)11-2-1-3-14(8-11)19(22)23/h1-8H,9-10H2,(H,18,21). The summed E-state index contributed by atoms with van der Waals surface area (Å²) in [6.45, 7) is 0. The summed E-state index contributed by atoms with van der Waals surface area (Å²) in [4.78, 5) is 33.8. The van der Waals surface area contributed by atoms with Crippen LogP contribution in [-0.4, -0.2) is 28.1 Å². The van der Waals surface area contributed by atoms with Crippen molar-refractivity contribution in [3.8, 4) is 0 Å². The topological polar surface area (TPSA) is 89.3 Å². The van der Waals surface area contributed by atoms with E-state index in [9.17, 15) is 24.1 Å². The van der Waals surface area contributed by atoms with Crippen LogP contribution in [0.15, 0.2) is 48.5 Å². The molecule has 1 amide bonds. The molecule has 0 heterocycles. The lowest BCUT2D eigenvalue weighted by molar-refractivity contribution is -0.384. The highest BCUT2D eigenvalue weighted by Gasteiger charge is 2.12. The van der Waals surface area contributed by atoms with Gasteiger partial charge in [0.15, 0.2) is 5.78 Å². The first-order valence-electron chi connectivity index (χ1n) is 6.86. The summed E-state index contributed by atoms with van der Waals surface area (Å²) in [5.41, 5.74) is 0.544. The van der Waals surface area contributed by atoms with Crippen molar-refractivity contribution in [2.75, 3.05) is 16.8 Å². The van der Waals surface area contributed by atoms with Gasteiger partial charge in [0.25, 0.3) is 5.69 Å². The van der Waals surface area contributed by atoms with Crippen molar-refractivity contribution in [3.63, 3.8) is 0 Å². The Morgan fingerprint density at radius 3 is 2.50 bits per heavy atom. The molecule has 0 radical (unpaired) electrons. The molecule has 0 saturated carbocycles. The van der Waals surface area contributed by atoms with Crippen LogP contribution in [0, 0.1) is 15.9 Å². The maximum absolute atomic E-state index is 12.8. The van der Waals surface area contributed by atoms with Crippen LogP contribution in [0.1, 0.15) is 10.4 Å². The molecule has 0 aliphatic carbocycles. The zero-order valence-electron chi connectivity index (χ0n) is 12.4. The second kappa shape index (κ2) is 8.21. The van der Waals surface area contributed by atoms with Crippen molar-refractivity contribution in [2.24, 2.45) is 0 Å². The molecule has 8 heteroatoms. The Kier molecular flexibility index (Phi) is 6.02. The summed E-state index contributed by atoms with van der Waals surface area (Å²) in [6, 6.07) is 10.8. The van der Waals surface area contributed by atoms with Gasteiger partial charge in [0.2, 0.25) is 5.91 Å². The van der Waals surface area contributed by atoms with E-state index < -0.39 is 10.7 Å². The molecule has 0 aromatic heterocycles. The molecule has 0 atom stereocenters. The molecule has 0 saturated heterocycles. The maximum Gasteiger partial charge on any atom is 0.270 e. The third kappa shape index (κ3) is 5.17. The molecule has 0 fully saturated rings. The number of rotatable bonds is 7. The number of carbonyl (C=O) groups is 2. The summed E-state index contributed by atoms with van der Waals surface area (Å²) in [6.07, 6.45) is 0. The molecule has 0 aliphatic heterocycles. The van der Waals surface area contributed by atoms with Gasteiger partial charge in [0, 0.05) is 23.4 Å². The lowest BCUT2D eigenvalue weighted by atomic mass is 10.1. The van der Waals surface area contributed by atoms with Gasteiger partial charge in [-0.3, -0.25) is 19.7 Å². The molecular formula is C16H13FN2O4S. The fraction of sp³-hybridized carbons (Fsp3) is 0.125. The number of nitrogens with zero attached hydrogens (tertiary/aromatic N) is 1. The molecule has 2 aromatic rings. The van der Waals surface area contributed by atoms with E-state index in [2.05, 4.69) is 5.32 Å². The van der Waals surface area contributed by atoms with Crippen LogP contribution in [0.2, 0.25) is 0 Å². The monoisotopic (exact) mass is 348 g/mol. The van der Waals surface area contributed by atoms with E-state index in [1.807, 2.05) is 0 Å². The molecule has 2 aromatic carbocycles. The van der Waals surface area contributed by atoms with Crippen LogP contribution in [-0.2, 0) is 4.79 Å². The number of anilines is 1. The largest absolute Gasteiger partial charge is 0.325 e. The van der Waals surface area contributed by atoms with Gasteiger partial charge in [-0.2, -0.15) is 0 Å². The van der Waals surface area contributed by atoms with E-state index in [4.69, 9.17) is 0 Å². The number of hydrogen-bond acceptors (Lipinski definition) is 5. The first-order valence-corrected chi connectivity index (χ1v) is 8.02. The number of halogens is 1. The first kappa shape index (κ1) is 17.6. The summed E-state index contributed by atoms with van der Waals surface area (Å²) < 4.78 is 12.8. The number of nitrogens with one attached hydrogen (secondary N) is 1. The zero-order chi connectivity index (χ0) is 17.5. The van der Waals surface area contributed by atoms with E-state index in [1.165, 1.54) is 48.5 Å². The number of carbonyl (C=O) groups excluding carboxylic acids is 2. The second-order valence-corrected chi connectivity index (χ2v) is 5.76. The summed E-state index contributed by atoms with van der Waals surface area (Å²) in [5.74, 6) is -0.947. The van der Waals surface area contributed by atoms with Crippen LogP contribution in [0.25, 0.3) is 0 Å². The number of amides is 1. The van der Waals surface area contributed by atoms with E-state index in [-0.39, 0.29) is 34.4 Å². The van der Waals surface area contributed by atoms with E-state index >= 15 is 0 Å². The number of hydrogen-bond donors (Lipinski definition) is 1. The molecule has 24 heavy (non-hydrogen) atoms. The minimum Gasteiger partial charge on any atom is -0.325 e. The van der Waals surface area contributed by atoms with Crippen molar-refractivity contribution < 1.29 is 18.9 Å². The highest BCUT2D eigenvalue weighted by Crippen LogP contribution is 2.15. The number of nitro groups is 1. The quantitative estimate of drug-likeness (QED) is 0.471. The molecular weight excluding hydrogens is 335 g/mol. The van der Waals surface area contributed by atoms with Crippen molar-refractivity contribution in [1.82, 2.24) is 0 Å². The van der Waals surface area contributed by atoms with Gasteiger partial charge in [-0.25, -0.2) is 4.39 Å². The smallest absolute Gasteiger partial charge is 0.270 e. The average Bonchev–Trinajstić information content (AvgIpc) is 2.57. The van der Waals surface area contributed by atoms with Crippen LogP contribution in [0.4, 0.5) is 15.8 Å². The lowest BCUT2D eigenvalue weighted by Crippen LogP contribution is -2.15. The highest BCUT2D eigenvalue weighted by molar-refractivity contribution is 8.00. The number of benzene rings is 2. The molecule has 2 rings (SSSR count). The van der Waals surface area contributed by atoms with E-state index in [0.29, 0.717) is 5.69 Å². The number of Topliss-reactive ketones (excluding diaryl/α,β-unsaturated/α-hetero) is 1. The summed E-state index contributed by atoms with van der Waals surface area (Å²) in [7, 11) is 0. The maximum atomic E-state index is 12.8. The number of nitro benzene ring substituents is 1. The Morgan fingerprint density at radius 2 is 1.83 bits per heavy atom. The normalized spacial score (nSPS) is 10.2. The van der Waals surface area contributed by atoms with Gasteiger partial charge in [-0.15, -0.1) is 11.8 Å². The minimum absolute atomic E-state index is 0.0258. The molecule has 0 spiro atoms. The summed E-state index contributed by atoms with van der Waals surface area (Å²) in [5, 5.41) is 13.3. The fourth-order valence-electron chi connectivity index (χ4n) is 1.84. The third-order valence-corrected chi connectivity index (χ3v) is 3.91. The Morgan fingerprint density at radius 1 is 1.12 bits per heavy atom. The molecule has 0 unspecified atom stereocenters. The number of thioether (sulfide) groups is 1. The lowest BCUT2D eigenvalue weighted by Gasteiger charge is -2.05. The Balaban J connectivity index is 1.81. The molecule has 0 bridgehead atoms. The zero-order valence-corrected chi connectivity index (χ0v) is 13.2. The van der Waals surface area contributed by atoms with Crippen LogP contribution in [0.3, 0.4) is 0 Å². The van der Waals surface area contributed by atoms with Crippen molar-refractivity contribution in [1.29, 1.82) is 0 Å². The van der Waals surface area contributed by atoms with Crippen LogP contribution < -0.4 is 5.32 Å². The minimum atomic E-state index is -0.569. The third-order valence-electron chi connectivity index (χ3n) is 2.97. The van der Waals surface area contributed by atoms with Crippen molar-refractivity contribution in [2.45, 2.75) is 0 Å². The molecule has 1 N–H and O–H groups in total. The molecule has 124 valence electrons. The highest BCUT2D eigenvalue weighted by atomic mass is 32.2. The average molecular weight is 348 g/mol. The van der Waals surface area contributed by atoms with Crippen LogP contribution >= 0.6 is 11.8 Å². The van der Waals surface area contributed by atoms with E-state index in [0.717, 1.165) is 11.8 Å². The van der Waals surface area contributed by atoms with Gasteiger partial charge in [-0.1, -0.05) is 12.1 Å². The van der Waals surface area contributed by atoms with E-state index in [1.54, 1.807) is 0 Å². The predicted molar refractivity (Wildman–Crippen MR) is 89.8 cm³/mol. The van der Waals surface area contributed by atoms with Crippen molar-refractivity contribution >= 4 is 34.8 Å². The Bertz CT molecular complexity index is 765. The Hall–Kier alpha value is -2.74. The van der Waals surface area contributed by atoms with Gasteiger partial charge < -0.3 is 5.32 Å². The fourth-order valence-corrected chi connectivity index (χ4v) is 2.55. The SMILES string of the molecule is O=C(CSCC(=O)c1cccc([N+](=O)[O-])c1)Nc1ccc(F)cc1. The summed E-state index contributed by atoms with van der Waals surface area (Å²) >= 11 is 1.10.